The first-order valence-corrected chi connectivity index (χ1v) is 8.62. The van der Waals surface area contributed by atoms with E-state index in [-0.39, 0.29) is 0 Å². The summed E-state index contributed by atoms with van der Waals surface area (Å²) < 4.78 is 0. The maximum absolute atomic E-state index is 8.65. The average molecular weight is 290 g/mol. The first-order chi connectivity index (χ1) is 10.4. The standard InChI is InChI=1S/C20H34O/c1-2-3-4-5-6-7-8-9-10-11-12-13-14-15-16-17-18-19-20-21/h6-7,9-10,12-13,15-16,21H,2-5,8,11,14,17-20H2,1H3. The monoisotopic (exact) mass is 290 g/mol. The molecule has 0 aromatic carbocycles. The highest BCUT2D eigenvalue weighted by molar-refractivity contribution is 4.99. The first-order valence-electron chi connectivity index (χ1n) is 8.62. The summed E-state index contributed by atoms with van der Waals surface area (Å²) >= 11 is 0. The lowest BCUT2D eigenvalue weighted by Crippen LogP contribution is -1.79. The number of unbranched alkanes of at least 4 members (excludes halogenated alkanes) is 5. The quantitative estimate of drug-likeness (QED) is 0.301. The molecule has 21 heavy (non-hydrogen) atoms. The summed E-state index contributed by atoms with van der Waals surface area (Å²) in [5.41, 5.74) is 0. The van der Waals surface area contributed by atoms with Gasteiger partial charge >= 0.3 is 0 Å². The van der Waals surface area contributed by atoms with Crippen molar-refractivity contribution in [3.8, 4) is 0 Å². The Morgan fingerprint density at radius 1 is 0.571 bits per heavy atom. The van der Waals surface area contributed by atoms with Crippen LogP contribution in [0.2, 0.25) is 0 Å². The third-order valence-electron chi connectivity index (χ3n) is 3.24. The van der Waals surface area contributed by atoms with Crippen molar-refractivity contribution in [2.75, 3.05) is 6.61 Å². The average Bonchev–Trinajstić information content (AvgIpc) is 2.50. The summed E-state index contributed by atoms with van der Waals surface area (Å²) in [5, 5.41) is 8.65. The van der Waals surface area contributed by atoms with Crippen molar-refractivity contribution in [2.24, 2.45) is 0 Å². The van der Waals surface area contributed by atoms with Gasteiger partial charge in [-0.15, -0.1) is 0 Å². The summed E-state index contributed by atoms with van der Waals surface area (Å²) in [6.07, 6.45) is 29.3. The van der Waals surface area contributed by atoms with Gasteiger partial charge < -0.3 is 5.11 Å². The Labute approximate surface area is 132 Å². The van der Waals surface area contributed by atoms with Gasteiger partial charge in [0, 0.05) is 6.61 Å². The van der Waals surface area contributed by atoms with Gasteiger partial charge in [-0.25, -0.2) is 0 Å². The van der Waals surface area contributed by atoms with E-state index in [9.17, 15) is 0 Å². The van der Waals surface area contributed by atoms with Crippen LogP contribution in [0.1, 0.15) is 71.1 Å². The lowest BCUT2D eigenvalue weighted by atomic mass is 10.2. The van der Waals surface area contributed by atoms with Gasteiger partial charge in [-0.05, 0) is 51.4 Å². The summed E-state index contributed by atoms with van der Waals surface area (Å²) in [4.78, 5) is 0. The molecule has 1 heteroatoms. The molecule has 0 aliphatic heterocycles. The molecule has 0 aromatic rings. The number of rotatable bonds is 14. The van der Waals surface area contributed by atoms with Crippen LogP contribution in [0.5, 0.6) is 0 Å². The lowest BCUT2D eigenvalue weighted by molar-refractivity contribution is 0.285. The van der Waals surface area contributed by atoms with Crippen LogP contribution in [0.25, 0.3) is 0 Å². The second-order valence-electron chi connectivity index (χ2n) is 5.31. The van der Waals surface area contributed by atoms with E-state index >= 15 is 0 Å². The molecule has 0 aromatic heterocycles. The molecule has 120 valence electrons. The summed E-state index contributed by atoms with van der Waals surface area (Å²) in [6, 6.07) is 0. The van der Waals surface area contributed by atoms with Crippen molar-refractivity contribution >= 4 is 0 Å². The Balaban J connectivity index is 3.35. The largest absolute Gasteiger partial charge is 0.396 e. The SMILES string of the molecule is CCCCCC=CCC=CCC=CCC=CCCCCO. The van der Waals surface area contributed by atoms with Gasteiger partial charge in [-0.2, -0.15) is 0 Å². The van der Waals surface area contributed by atoms with E-state index in [4.69, 9.17) is 5.11 Å². The fraction of sp³-hybridized carbons (Fsp3) is 0.600. The van der Waals surface area contributed by atoms with Crippen LogP contribution >= 0.6 is 0 Å². The Hall–Kier alpha value is -1.08. The number of aliphatic hydroxyl groups excluding tert-OH is 1. The van der Waals surface area contributed by atoms with Gasteiger partial charge in [-0.3, -0.25) is 0 Å². The molecule has 0 rings (SSSR count). The Bertz CT molecular complexity index is 267. The minimum atomic E-state index is 0.313. The summed E-state index contributed by atoms with van der Waals surface area (Å²) in [7, 11) is 0. The van der Waals surface area contributed by atoms with Gasteiger partial charge in [0.2, 0.25) is 0 Å². The van der Waals surface area contributed by atoms with Crippen molar-refractivity contribution in [1.82, 2.24) is 0 Å². The zero-order chi connectivity index (χ0) is 15.4. The zero-order valence-corrected chi connectivity index (χ0v) is 13.8. The van der Waals surface area contributed by atoms with E-state index in [1.165, 1.54) is 25.7 Å². The fourth-order valence-corrected chi connectivity index (χ4v) is 1.93. The van der Waals surface area contributed by atoms with Crippen molar-refractivity contribution in [3.05, 3.63) is 48.6 Å². The smallest absolute Gasteiger partial charge is 0.0431 e. The molecule has 0 unspecified atom stereocenters. The van der Waals surface area contributed by atoms with Crippen molar-refractivity contribution < 1.29 is 5.11 Å². The van der Waals surface area contributed by atoms with Crippen LogP contribution in [0.15, 0.2) is 48.6 Å². The molecule has 0 bridgehead atoms. The van der Waals surface area contributed by atoms with Crippen LogP contribution < -0.4 is 0 Å². The number of hydrogen-bond acceptors (Lipinski definition) is 1. The van der Waals surface area contributed by atoms with Crippen LogP contribution in [0.4, 0.5) is 0 Å². The highest BCUT2D eigenvalue weighted by Crippen LogP contribution is 2.01. The second-order valence-corrected chi connectivity index (χ2v) is 5.31. The maximum atomic E-state index is 8.65. The van der Waals surface area contributed by atoms with E-state index in [0.717, 1.165) is 38.5 Å². The highest BCUT2D eigenvalue weighted by Gasteiger charge is 1.82. The molecule has 0 saturated carbocycles. The fourth-order valence-electron chi connectivity index (χ4n) is 1.93. The number of allylic oxidation sites excluding steroid dienone is 8. The molecular weight excluding hydrogens is 256 g/mol. The second kappa shape index (κ2) is 18.9. The van der Waals surface area contributed by atoms with Crippen molar-refractivity contribution in [3.63, 3.8) is 0 Å². The summed E-state index contributed by atoms with van der Waals surface area (Å²) in [6.45, 7) is 2.56. The normalized spacial score (nSPS) is 12.7. The van der Waals surface area contributed by atoms with Crippen LogP contribution in [0.3, 0.4) is 0 Å². The Morgan fingerprint density at radius 3 is 1.43 bits per heavy atom. The molecule has 0 spiro atoms. The van der Waals surface area contributed by atoms with Gasteiger partial charge in [0.05, 0.1) is 0 Å². The van der Waals surface area contributed by atoms with Crippen LogP contribution in [-0.4, -0.2) is 11.7 Å². The predicted molar refractivity (Wildman–Crippen MR) is 95.5 cm³/mol. The first kappa shape index (κ1) is 19.9. The van der Waals surface area contributed by atoms with E-state index in [1.807, 2.05) is 0 Å². The molecule has 0 amide bonds. The molecule has 0 atom stereocenters. The zero-order valence-electron chi connectivity index (χ0n) is 13.8. The summed E-state index contributed by atoms with van der Waals surface area (Å²) in [5.74, 6) is 0. The third kappa shape index (κ3) is 18.9. The molecule has 0 aliphatic rings. The molecular formula is C20H34O. The van der Waals surface area contributed by atoms with Crippen LogP contribution in [-0.2, 0) is 0 Å². The molecule has 0 saturated heterocycles. The highest BCUT2D eigenvalue weighted by atomic mass is 16.2. The molecule has 0 radical (unpaired) electrons. The predicted octanol–water partition coefficient (Wildman–Crippen LogP) is 6.12. The molecule has 1 N–H and O–H groups in total. The Kier molecular flexibility index (Phi) is 17.9. The van der Waals surface area contributed by atoms with Crippen molar-refractivity contribution in [2.45, 2.75) is 71.1 Å². The maximum Gasteiger partial charge on any atom is 0.0431 e. The molecule has 1 nitrogen and oxygen atoms in total. The topological polar surface area (TPSA) is 20.2 Å². The molecule has 0 heterocycles. The van der Waals surface area contributed by atoms with E-state index < -0.39 is 0 Å². The van der Waals surface area contributed by atoms with Gasteiger partial charge in [0.15, 0.2) is 0 Å². The third-order valence-corrected chi connectivity index (χ3v) is 3.24. The minimum absolute atomic E-state index is 0.313. The molecule has 0 fully saturated rings. The van der Waals surface area contributed by atoms with Gasteiger partial charge in [0.1, 0.15) is 0 Å². The number of aliphatic hydroxyl groups is 1. The van der Waals surface area contributed by atoms with Gasteiger partial charge in [-0.1, -0.05) is 68.4 Å². The van der Waals surface area contributed by atoms with E-state index in [0.29, 0.717) is 6.61 Å². The number of hydrogen-bond donors (Lipinski definition) is 1. The minimum Gasteiger partial charge on any atom is -0.396 e. The van der Waals surface area contributed by atoms with Crippen molar-refractivity contribution in [1.29, 1.82) is 0 Å². The van der Waals surface area contributed by atoms with E-state index in [2.05, 4.69) is 55.5 Å². The molecule has 0 aliphatic carbocycles. The van der Waals surface area contributed by atoms with Gasteiger partial charge in [0.25, 0.3) is 0 Å². The van der Waals surface area contributed by atoms with Crippen LogP contribution in [0, 0.1) is 0 Å². The Morgan fingerprint density at radius 2 is 1.00 bits per heavy atom. The van der Waals surface area contributed by atoms with E-state index in [1.54, 1.807) is 0 Å². The lowest BCUT2D eigenvalue weighted by Gasteiger charge is -1.91.